The Balaban J connectivity index is 2.23. The second-order valence-electron chi connectivity index (χ2n) is 6.55. The summed E-state index contributed by atoms with van der Waals surface area (Å²) >= 11 is 0. The highest BCUT2D eigenvalue weighted by atomic mass is 16.1. The second kappa shape index (κ2) is 9.35. The Morgan fingerprint density at radius 1 is 1.14 bits per heavy atom. The fourth-order valence-electron chi connectivity index (χ4n) is 2.60. The Kier molecular flexibility index (Phi) is 8.18. The largest absolute Gasteiger partial charge is 0.368 e. The molecular weight excluding hydrogens is 266 g/mol. The van der Waals surface area contributed by atoms with Crippen LogP contribution in [0.25, 0.3) is 0 Å². The first-order valence-corrected chi connectivity index (χ1v) is 8.03. The van der Waals surface area contributed by atoms with Gasteiger partial charge in [0, 0.05) is 51.9 Å². The predicted molar refractivity (Wildman–Crippen MR) is 87.3 cm³/mol. The van der Waals surface area contributed by atoms with Crippen LogP contribution < -0.4 is 11.1 Å². The van der Waals surface area contributed by atoms with E-state index in [1.807, 2.05) is 13.8 Å². The molecule has 1 unspecified atom stereocenters. The predicted octanol–water partition coefficient (Wildman–Crippen LogP) is -0.592. The first kappa shape index (κ1) is 18.4. The molecule has 3 N–H and O–H groups in total. The zero-order chi connectivity index (χ0) is 15.8. The van der Waals surface area contributed by atoms with Crippen molar-refractivity contribution < 1.29 is 4.79 Å². The van der Waals surface area contributed by atoms with E-state index in [0.29, 0.717) is 0 Å². The van der Waals surface area contributed by atoms with Gasteiger partial charge in [-0.3, -0.25) is 9.69 Å². The molecule has 1 atom stereocenters. The van der Waals surface area contributed by atoms with Crippen LogP contribution in [0.5, 0.6) is 0 Å². The molecule has 0 aromatic heterocycles. The number of nitrogens with zero attached hydrogens (tertiary/aromatic N) is 3. The van der Waals surface area contributed by atoms with Crippen molar-refractivity contribution in [2.45, 2.75) is 32.4 Å². The number of rotatable bonds is 9. The van der Waals surface area contributed by atoms with Crippen molar-refractivity contribution in [3.05, 3.63) is 0 Å². The van der Waals surface area contributed by atoms with Gasteiger partial charge in [-0.25, -0.2) is 0 Å². The summed E-state index contributed by atoms with van der Waals surface area (Å²) in [6.07, 6.45) is 0.797. The number of primary amides is 1. The molecule has 0 saturated carbocycles. The monoisotopic (exact) mass is 299 g/mol. The van der Waals surface area contributed by atoms with Gasteiger partial charge in [0.1, 0.15) is 0 Å². The molecule has 21 heavy (non-hydrogen) atoms. The van der Waals surface area contributed by atoms with Gasteiger partial charge in [0.25, 0.3) is 0 Å². The van der Waals surface area contributed by atoms with Crippen LogP contribution in [0.2, 0.25) is 0 Å². The lowest BCUT2D eigenvalue weighted by atomic mass is 10.1. The normalized spacial score (nSPS) is 19.3. The van der Waals surface area contributed by atoms with Crippen molar-refractivity contribution in [3.8, 4) is 0 Å². The molecule has 1 saturated heterocycles. The van der Waals surface area contributed by atoms with E-state index >= 15 is 0 Å². The molecule has 1 aliphatic rings. The van der Waals surface area contributed by atoms with E-state index in [0.717, 1.165) is 52.2 Å². The third kappa shape index (κ3) is 7.76. The number of carbonyl (C=O) groups is 1. The number of likely N-dealkylation sites (N-methyl/N-ethyl adjacent to an activating group) is 1. The number of hydrogen-bond acceptors (Lipinski definition) is 5. The van der Waals surface area contributed by atoms with Gasteiger partial charge in [0.05, 0.1) is 6.04 Å². The zero-order valence-electron chi connectivity index (χ0n) is 14.1. The molecule has 6 nitrogen and oxygen atoms in total. The fourth-order valence-corrected chi connectivity index (χ4v) is 2.60. The van der Waals surface area contributed by atoms with Gasteiger partial charge in [-0.1, -0.05) is 13.8 Å². The minimum absolute atomic E-state index is 0.211. The van der Waals surface area contributed by atoms with Gasteiger partial charge in [0.15, 0.2) is 0 Å². The van der Waals surface area contributed by atoms with E-state index in [2.05, 4.69) is 34.1 Å². The number of nitrogens with two attached hydrogens (primary N) is 1. The fraction of sp³-hybridized carbons (Fsp3) is 0.933. The maximum absolute atomic E-state index is 11.4. The van der Waals surface area contributed by atoms with Gasteiger partial charge in [0.2, 0.25) is 5.91 Å². The lowest BCUT2D eigenvalue weighted by molar-refractivity contribution is -0.120. The molecule has 0 radical (unpaired) electrons. The van der Waals surface area contributed by atoms with Gasteiger partial charge in [-0.05, 0) is 20.5 Å². The molecule has 0 aromatic carbocycles. The highest BCUT2D eigenvalue weighted by molar-refractivity contribution is 5.79. The Bertz CT molecular complexity index is 300. The highest BCUT2D eigenvalue weighted by Crippen LogP contribution is 2.04. The van der Waals surface area contributed by atoms with Crippen molar-refractivity contribution >= 4 is 5.91 Å². The van der Waals surface area contributed by atoms with Gasteiger partial charge < -0.3 is 20.9 Å². The molecule has 1 heterocycles. The Hall–Kier alpha value is -0.690. The molecule has 0 spiro atoms. The molecule has 0 aromatic rings. The molecular formula is C15H33N5O. The lowest BCUT2D eigenvalue weighted by Crippen LogP contribution is -2.50. The van der Waals surface area contributed by atoms with E-state index in [4.69, 9.17) is 5.73 Å². The summed E-state index contributed by atoms with van der Waals surface area (Å²) in [5.41, 5.74) is 5.46. The van der Waals surface area contributed by atoms with E-state index in [1.54, 1.807) is 0 Å². The summed E-state index contributed by atoms with van der Waals surface area (Å²) in [6, 6.07) is 0.0714. The Morgan fingerprint density at radius 2 is 1.67 bits per heavy atom. The van der Waals surface area contributed by atoms with E-state index in [1.165, 1.54) is 0 Å². The molecule has 1 amide bonds. The minimum atomic E-state index is -0.242. The summed E-state index contributed by atoms with van der Waals surface area (Å²) in [5.74, 6) is -0.242. The maximum Gasteiger partial charge on any atom is 0.234 e. The van der Waals surface area contributed by atoms with Crippen molar-refractivity contribution in [1.29, 1.82) is 0 Å². The zero-order valence-corrected chi connectivity index (χ0v) is 14.1. The van der Waals surface area contributed by atoms with Crippen LogP contribution in [-0.2, 0) is 4.79 Å². The quantitative estimate of drug-likeness (QED) is 0.596. The topological polar surface area (TPSA) is 64.8 Å². The number of piperazine rings is 1. The summed E-state index contributed by atoms with van der Waals surface area (Å²) < 4.78 is 0. The van der Waals surface area contributed by atoms with Crippen LogP contribution in [0.15, 0.2) is 0 Å². The van der Waals surface area contributed by atoms with Crippen LogP contribution in [0.1, 0.15) is 20.3 Å². The number of amides is 1. The number of carbonyl (C=O) groups excluding carboxylic acids is 1. The average Bonchev–Trinajstić information content (AvgIpc) is 2.41. The molecule has 124 valence electrons. The second-order valence-corrected chi connectivity index (χ2v) is 6.55. The highest BCUT2D eigenvalue weighted by Gasteiger charge is 2.20. The molecule has 1 aliphatic heterocycles. The SMILES string of the molecule is CC(C)NC(CCN1CCN(CCN(C)C)CC1)C(N)=O. The molecule has 0 aliphatic carbocycles. The average molecular weight is 299 g/mol. The Morgan fingerprint density at radius 3 is 2.10 bits per heavy atom. The van der Waals surface area contributed by atoms with Gasteiger partial charge in [-0.15, -0.1) is 0 Å². The molecule has 0 bridgehead atoms. The molecule has 6 heteroatoms. The van der Waals surface area contributed by atoms with E-state index in [9.17, 15) is 4.79 Å². The summed E-state index contributed by atoms with van der Waals surface area (Å²) in [4.78, 5) is 18.6. The first-order chi connectivity index (χ1) is 9.88. The van der Waals surface area contributed by atoms with Crippen LogP contribution in [-0.4, -0.2) is 92.6 Å². The number of hydrogen-bond donors (Lipinski definition) is 2. The van der Waals surface area contributed by atoms with Crippen molar-refractivity contribution in [2.75, 3.05) is 59.9 Å². The van der Waals surface area contributed by atoms with Crippen LogP contribution >= 0.6 is 0 Å². The van der Waals surface area contributed by atoms with Gasteiger partial charge in [-0.2, -0.15) is 0 Å². The molecule has 1 fully saturated rings. The standard InChI is InChI=1S/C15H33N5O/c1-13(2)17-14(15(16)21)5-6-19-9-11-20(12-10-19)8-7-18(3)4/h13-14,17H,5-12H2,1-4H3,(H2,16,21). The number of nitrogens with one attached hydrogen (secondary N) is 1. The van der Waals surface area contributed by atoms with Crippen molar-refractivity contribution in [2.24, 2.45) is 5.73 Å². The summed E-state index contributed by atoms with van der Waals surface area (Å²) in [6.45, 7) is 11.7. The van der Waals surface area contributed by atoms with Crippen LogP contribution in [0, 0.1) is 0 Å². The Labute approximate surface area is 129 Å². The maximum atomic E-state index is 11.4. The van der Waals surface area contributed by atoms with Crippen LogP contribution in [0.3, 0.4) is 0 Å². The smallest absolute Gasteiger partial charge is 0.234 e. The minimum Gasteiger partial charge on any atom is -0.368 e. The van der Waals surface area contributed by atoms with E-state index < -0.39 is 0 Å². The lowest BCUT2D eigenvalue weighted by Gasteiger charge is -2.35. The van der Waals surface area contributed by atoms with Crippen LogP contribution in [0.4, 0.5) is 0 Å². The third-order valence-corrected chi connectivity index (χ3v) is 3.94. The van der Waals surface area contributed by atoms with Crippen molar-refractivity contribution in [3.63, 3.8) is 0 Å². The first-order valence-electron chi connectivity index (χ1n) is 8.03. The third-order valence-electron chi connectivity index (χ3n) is 3.94. The summed E-state index contributed by atoms with van der Waals surface area (Å²) in [7, 11) is 4.23. The van der Waals surface area contributed by atoms with E-state index in [-0.39, 0.29) is 18.0 Å². The summed E-state index contributed by atoms with van der Waals surface area (Å²) in [5, 5.41) is 3.24. The molecule has 1 rings (SSSR count). The van der Waals surface area contributed by atoms with Gasteiger partial charge >= 0.3 is 0 Å². The van der Waals surface area contributed by atoms with Crippen molar-refractivity contribution in [1.82, 2.24) is 20.0 Å².